The van der Waals surface area contributed by atoms with Gasteiger partial charge in [0.25, 0.3) is 5.91 Å². The van der Waals surface area contributed by atoms with Crippen LogP contribution in [0.4, 0.5) is 5.69 Å². The number of azo groups is 1. The van der Waals surface area contributed by atoms with Crippen molar-refractivity contribution in [1.82, 2.24) is 15.2 Å². The Morgan fingerprint density at radius 2 is 2.04 bits per heavy atom. The van der Waals surface area contributed by atoms with Gasteiger partial charge in [0.15, 0.2) is 10.0 Å². The SMILES string of the molecule is O=C(CSc1nnc(-c2ccccc2)s1)N=Nc1c(O)[nH]c2ccc(Cl)cc12. The van der Waals surface area contributed by atoms with Crippen LogP contribution >= 0.6 is 34.7 Å². The molecule has 140 valence electrons. The zero-order valence-corrected chi connectivity index (χ0v) is 16.6. The molecule has 0 bridgehead atoms. The number of thioether (sulfide) groups is 1. The van der Waals surface area contributed by atoms with Gasteiger partial charge in [-0.1, -0.05) is 65.0 Å². The number of halogens is 1. The third-order valence-electron chi connectivity index (χ3n) is 3.72. The lowest BCUT2D eigenvalue weighted by molar-refractivity contribution is -0.115. The Labute approximate surface area is 172 Å². The summed E-state index contributed by atoms with van der Waals surface area (Å²) < 4.78 is 0.670. The number of aromatic nitrogens is 3. The van der Waals surface area contributed by atoms with E-state index in [2.05, 4.69) is 25.4 Å². The number of carbonyl (C=O) groups excluding carboxylic acids is 1. The van der Waals surface area contributed by atoms with Crippen LogP contribution in [0.5, 0.6) is 5.88 Å². The molecule has 1 amide bonds. The number of nitrogens with zero attached hydrogens (tertiary/aromatic N) is 4. The monoisotopic (exact) mass is 429 g/mol. The molecule has 4 rings (SSSR count). The van der Waals surface area contributed by atoms with Crippen molar-refractivity contribution >= 4 is 57.2 Å². The predicted molar refractivity (Wildman–Crippen MR) is 111 cm³/mol. The molecule has 4 aromatic rings. The van der Waals surface area contributed by atoms with E-state index in [1.807, 2.05) is 30.3 Å². The van der Waals surface area contributed by atoms with Gasteiger partial charge >= 0.3 is 0 Å². The number of fused-ring (bicyclic) bond motifs is 1. The molecule has 0 unspecified atom stereocenters. The average Bonchev–Trinajstić information content (AvgIpc) is 3.29. The smallest absolute Gasteiger partial charge is 0.275 e. The molecular weight excluding hydrogens is 418 g/mol. The highest BCUT2D eigenvalue weighted by Crippen LogP contribution is 2.37. The van der Waals surface area contributed by atoms with Crippen LogP contribution < -0.4 is 0 Å². The first-order valence-electron chi connectivity index (χ1n) is 8.06. The Morgan fingerprint density at radius 1 is 1.21 bits per heavy atom. The van der Waals surface area contributed by atoms with E-state index in [9.17, 15) is 9.90 Å². The van der Waals surface area contributed by atoms with Gasteiger partial charge in [-0.2, -0.15) is 0 Å². The molecule has 0 saturated carbocycles. The van der Waals surface area contributed by atoms with E-state index in [1.54, 1.807) is 18.2 Å². The number of H-pyrrole nitrogens is 1. The number of hydrogen-bond donors (Lipinski definition) is 2. The second kappa shape index (κ2) is 8.09. The second-order valence-corrected chi connectivity index (χ2v) is 8.27. The van der Waals surface area contributed by atoms with Gasteiger partial charge in [0.1, 0.15) is 5.01 Å². The fourth-order valence-corrected chi connectivity index (χ4v) is 4.27. The summed E-state index contributed by atoms with van der Waals surface area (Å²) >= 11 is 8.62. The van der Waals surface area contributed by atoms with E-state index in [0.717, 1.165) is 10.6 Å². The van der Waals surface area contributed by atoms with Gasteiger partial charge in [-0.3, -0.25) is 4.79 Å². The van der Waals surface area contributed by atoms with Crippen molar-refractivity contribution in [3.05, 3.63) is 53.6 Å². The van der Waals surface area contributed by atoms with Crippen LogP contribution in [0.2, 0.25) is 5.02 Å². The van der Waals surface area contributed by atoms with Crippen LogP contribution in [-0.4, -0.2) is 31.9 Å². The lowest BCUT2D eigenvalue weighted by atomic mass is 10.2. The maximum Gasteiger partial charge on any atom is 0.275 e. The largest absolute Gasteiger partial charge is 0.493 e. The summed E-state index contributed by atoms with van der Waals surface area (Å²) in [4.78, 5) is 14.8. The fourth-order valence-electron chi connectivity index (χ4n) is 2.46. The van der Waals surface area contributed by atoms with E-state index in [1.165, 1.54) is 23.1 Å². The van der Waals surface area contributed by atoms with Crippen molar-refractivity contribution in [1.29, 1.82) is 0 Å². The van der Waals surface area contributed by atoms with Crippen molar-refractivity contribution in [2.75, 3.05) is 5.75 Å². The minimum absolute atomic E-state index is 0.0663. The van der Waals surface area contributed by atoms with Gasteiger partial charge in [0.05, 0.1) is 11.3 Å². The van der Waals surface area contributed by atoms with Crippen molar-refractivity contribution in [3.63, 3.8) is 0 Å². The van der Waals surface area contributed by atoms with E-state index < -0.39 is 5.91 Å². The molecule has 28 heavy (non-hydrogen) atoms. The van der Waals surface area contributed by atoms with Gasteiger partial charge in [-0.25, -0.2) is 0 Å². The average molecular weight is 430 g/mol. The minimum atomic E-state index is -0.447. The molecule has 10 heteroatoms. The van der Waals surface area contributed by atoms with Crippen molar-refractivity contribution in [3.8, 4) is 16.5 Å². The van der Waals surface area contributed by atoms with Crippen LogP contribution in [0.15, 0.2) is 63.1 Å². The Kier molecular flexibility index (Phi) is 5.38. The summed E-state index contributed by atoms with van der Waals surface area (Å²) in [5.41, 5.74) is 1.81. The zero-order chi connectivity index (χ0) is 19.5. The number of hydrogen-bond acceptors (Lipinski definition) is 7. The summed E-state index contributed by atoms with van der Waals surface area (Å²) in [6, 6.07) is 14.8. The lowest BCUT2D eigenvalue weighted by Gasteiger charge is -1.94. The molecule has 0 aliphatic rings. The Balaban J connectivity index is 1.42. The molecule has 2 heterocycles. The highest BCUT2D eigenvalue weighted by atomic mass is 35.5. The van der Waals surface area contributed by atoms with E-state index in [-0.39, 0.29) is 17.3 Å². The van der Waals surface area contributed by atoms with Crippen molar-refractivity contribution in [2.45, 2.75) is 4.34 Å². The predicted octanol–water partition coefficient (Wildman–Crippen LogP) is 5.45. The number of nitrogens with one attached hydrogen (secondary N) is 1. The van der Waals surface area contributed by atoms with E-state index in [4.69, 9.17) is 11.6 Å². The quantitative estimate of drug-likeness (QED) is 0.324. The zero-order valence-electron chi connectivity index (χ0n) is 14.2. The maximum atomic E-state index is 12.1. The Bertz CT molecular complexity index is 1170. The highest BCUT2D eigenvalue weighted by molar-refractivity contribution is 8.01. The molecule has 2 N–H and O–H groups in total. The maximum absolute atomic E-state index is 12.1. The van der Waals surface area contributed by atoms with Crippen LogP contribution in [-0.2, 0) is 4.79 Å². The minimum Gasteiger partial charge on any atom is -0.493 e. The summed E-state index contributed by atoms with van der Waals surface area (Å²) in [5.74, 6) is -0.549. The van der Waals surface area contributed by atoms with E-state index >= 15 is 0 Å². The third kappa shape index (κ3) is 4.06. The van der Waals surface area contributed by atoms with Crippen LogP contribution in [0.1, 0.15) is 0 Å². The normalized spacial score (nSPS) is 11.5. The fraction of sp³-hybridized carbons (Fsp3) is 0.0556. The molecule has 2 aromatic carbocycles. The molecule has 2 aromatic heterocycles. The Hall–Kier alpha value is -2.75. The number of amides is 1. The molecule has 0 aliphatic carbocycles. The highest BCUT2D eigenvalue weighted by Gasteiger charge is 2.12. The summed E-state index contributed by atoms with van der Waals surface area (Å²) in [6.07, 6.45) is 0. The number of carbonyl (C=O) groups is 1. The van der Waals surface area contributed by atoms with Gasteiger partial charge < -0.3 is 10.1 Å². The number of rotatable bonds is 5. The standard InChI is InChI=1S/C18H12ClN5O2S2/c19-11-6-7-13-12(8-11)15(16(26)20-13)22-21-14(25)9-27-18-24-23-17(28-18)10-4-2-1-3-5-10/h1-8,20,26H,9H2. The van der Waals surface area contributed by atoms with Crippen LogP contribution in [0, 0.1) is 0 Å². The van der Waals surface area contributed by atoms with Crippen molar-refractivity contribution < 1.29 is 9.90 Å². The first kappa shape index (κ1) is 18.6. The molecule has 0 radical (unpaired) electrons. The first-order valence-corrected chi connectivity index (χ1v) is 10.2. The Morgan fingerprint density at radius 3 is 2.86 bits per heavy atom. The van der Waals surface area contributed by atoms with E-state index in [0.29, 0.717) is 20.3 Å². The summed E-state index contributed by atoms with van der Waals surface area (Å²) in [6.45, 7) is 0. The van der Waals surface area contributed by atoms with Gasteiger partial charge in [-0.15, -0.1) is 20.4 Å². The molecule has 7 nitrogen and oxygen atoms in total. The van der Waals surface area contributed by atoms with Gasteiger partial charge in [-0.05, 0) is 18.2 Å². The molecule has 0 aliphatic heterocycles. The van der Waals surface area contributed by atoms with Gasteiger partial charge in [0, 0.05) is 16.0 Å². The molecule has 0 atom stereocenters. The van der Waals surface area contributed by atoms with Crippen LogP contribution in [0.3, 0.4) is 0 Å². The molecular formula is C18H12ClN5O2S2. The van der Waals surface area contributed by atoms with Crippen LogP contribution in [0.25, 0.3) is 21.5 Å². The van der Waals surface area contributed by atoms with Crippen molar-refractivity contribution in [2.24, 2.45) is 10.2 Å². The molecule has 0 saturated heterocycles. The lowest BCUT2D eigenvalue weighted by Crippen LogP contribution is -1.95. The summed E-state index contributed by atoms with van der Waals surface area (Å²) in [5, 5.41) is 27.6. The first-order chi connectivity index (χ1) is 13.6. The second-order valence-electron chi connectivity index (χ2n) is 5.63. The number of aromatic amines is 1. The molecule has 0 spiro atoms. The number of benzene rings is 2. The summed E-state index contributed by atoms with van der Waals surface area (Å²) in [7, 11) is 0. The molecule has 0 fully saturated rings. The topological polar surface area (TPSA) is 104 Å². The van der Waals surface area contributed by atoms with Gasteiger partial charge in [0.2, 0.25) is 5.88 Å². The third-order valence-corrected chi connectivity index (χ3v) is 6.05. The number of aromatic hydroxyl groups is 1.